The van der Waals surface area contributed by atoms with Crippen LogP contribution in [0.3, 0.4) is 0 Å². The van der Waals surface area contributed by atoms with Crippen molar-refractivity contribution in [3.8, 4) is 11.1 Å². The summed E-state index contributed by atoms with van der Waals surface area (Å²) in [7, 11) is 0. The maximum absolute atomic E-state index is 3.30. The normalized spacial score (nSPS) is 13.3. The van der Waals surface area contributed by atoms with Crippen LogP contribution in [0, 0.1) is 0 Å². The molecule has 0 aromatic heterocycles. The molecule has 0 saturated carbocycles. The van der Waals surface area contributed by atoms with Gasteiger partial charge in [0, 0.05) is 12.2 Å². The van der Waals surface area contributed by atoms with Gasteiger partial charge in [0.05, 0.1) is 0 Å². The monoisotopic (exact) mass is 285 g/mol. The van der Waals surface area contributed by atoms with Crippen LogP contribution in [-0.2, 0) is 12.8 Å². The van der Waals surface area contributed by atoms with Gasteiger partial charge in [-0.15, -0.1) is 0 Å². The topological polar surface area (TPSA) is 12.0 Å². The number of fused-ring (bicyclic) bond motifs is 4. The van der Waals surface area contributed by atoms with Crippen LogP contribution in [0.5, 0.6) is 0 Å². The summed E-state index contributed by atoms with van der Waals surface area (Å²) in [5, 5.41) is 3.30. The van der Waals surface area contributed by atoms with E-state index in [2.05, 4.69) is 78.1 Å². The lowest BCUT2D eigenvalue weighted by Crippen LogP contribution is -1.90. The first kappa shape index (κ1) is 13.1. The van der Waals surface area contributed by atoms with E-state index in [1.807, 2.05) is 0 Å². The van der Waals surface area contributed by atoms with Gasteiger partial charge in [-0.3, -0.25) is 0 Å². The van der Waals surface area contributed by atoms with Crippen molar-refractivity contribution in [2.75, 3.05) is 11.9 Å². The second kappa shape index (κ2) is 5.69. The number of anilines is 1. The van der Waals surface area contributed by atoms with Gasteiger partial charge in [0.15, 0.2) is 0 Å². The zero-order valence-corrected chi connectivity index (χ0v) is 12.5. The molecule has 22 heavy (non-hydrogen) atoms. The Balaban J connectivity index is 0.000000122. The minimum atomic E-state index is 1.10. The highest BCUT2D eigenvalue weighted by Gasteiger charge is 2.15. The molecule has 1 aliphatic heterocycles. The zero-order chi connectivity index (χ0) is 14.8. The molecule has 1 nitrogen and oxygen atoms in total. The van der Waals surface area contributed by atoms with Crippen molar-refractivity contribution in [1.82, 2.24) is 0 Å². The van der Waals surface area contributed by atoms with Crippen molar-refractivity contribution in [3.63, 3.8) is 0 Å². The lowest BCUT2D eigenvalue weighted by molar-refractivity contribution is 1.11. The maximum atomic E-state index is 3.30. The fourth-order valence-corrected chi connectivity index (χ4v) is 3.32. The number of para-hydroxylation sites is 1. The third kappa shape index (κ3) is 2.39. The molecule has 0 bridgehead atoms. The Morgan fingerprint density at radius 1 is 0.591 bits per heavy atom. The predicted octanol–water partition coefficient (Wildman–Crippen LogP) is 4.91. The van der Waals surface area contributed by atoms with Gasteiger partial charge >= 0.3 is 0 Å². The van der Waals surface area contributed by atoms with Gasteiger partial charge in [-0.1, -0.05) is 66.7 Å². The Kier molecular flexibility index (Phi) is 3.40. The van der Waals surface area contributed by atoms with E-state index in [9.17, 15) is 0 Å². The molecule has 1 aliphatic carbocycles. The predicted molar refractivity (Wildman–Crippen MR) is 93.3 cm³/mol. The highest BCUT2D eigenvalue weighted by molar-refractivity contribution is 5.76. The Bertz CT molecular complexity index is 738. The molecule has 1 heteroatoms. The molecule has 0 unspecified atom stereocenters. The van der Waals surface area contributed by atoms with E-state index in [-0.39, 0.29) is 0 Å². The van der Waals surface area contributed by atoms with Crippen LogP contribution in [-0.4, -0.2) is 6.54 Å². The molecule has 0 atom stereocenters. The highest BCUT2D eigenvalue weighted by Crippen LogP contribution is 2.35. The Hall–Kier alpha value is -2.54. The second-order valence-corrected chi connectivity index (χ2v) is 5.82. The summed E-state index contributed by atoms with van der Waals surface area (Å²) < 4.78 is 0. The molecule has 1 N–H and O–H groups in total. The molecule has 5 rings (SSSR count). The fourth-order valence-electron chi connectivity index (χ4n) is 3.32. The summed E-state index contributed by atoms with van der Waals surface area (Å²) in [5.41, 5.74) is 8.53. The quantitative estimate of drug-likeness (QED) is 0.484. The van der Waals surface area contributed by atoms with Crippen molar-refractivity contribution in [1.29, 1.82) is 0 Å². The van der Waals surface area contributed by atoms with E-state index >= 15 is 0 Å². The van der Waals surface area contributed by atoms with Crippen molar-refractivity contribution in [3.05, 3.63) is 89.5 Å². The highest BCUT2D eigenvalue weighted by atomic mass is 14.9. The summed E-state index contributed by atoms with van der Waals surface area (Å²) in [6.07, 6.45) is 2.29. The molecular formula is C21H19N. The molecule has 2 aliphatic rings. The van der Waals surface area contributed by atoms with Gasteiger partial charge in [0.1, 0.15) is 0 Å². The molecule has 108 valence electrons. The van der Waals surface area contributed by atoms with Crippen molar-refractivity contribution in [2.24, 2.45) is 0 Å². The molecule has 0 amide bonds. The van der Waals surface area contributed by atoms with Crippen molar-refractivity contribution in [2.45, 2.75) is 12.8 Å². The number of benzene rings is 3. The van der Waals surface area contributed by atoms with E-state index in [0.29, 0.717) is 0 Å². The number of nitrogens with one attached hydrogen (secondary N) is 1. The first-order valence-electron chi connectivity index (χ1n) is 7.90. The molecule has 0 spiro atoms. The van der Waals surface area contributed by atoms with Gasteiger partial charge in [0.25, 0.3) is 0 Å². The molecule has 0 saturated heterocycles. The lowest BCUT2D eigenvalue weighted by Gasteiger charge is -1.98. The lowest BCUT2D eigenvalue weighted by atomic mass is 10.1. The number of hydrogen-bond acceptors (Lipinski definition) is 1. The first-order chi connectivity index (χ1) is 10.9. The zero-order valence-electron chi connectivity index (χ0n) is 12.5. The van der Waals surface area contributed by atoms with E-state index in [4.69, 9.17) is 0 Å². The minimum Gasteiger partial charge on any atom is -0.384 e. The van der Waals surface area contributed by atoms with Crippen molar-refractivity contribution >= 4 is 5.69 Å². The average molecular weight is 285 g/mol. The molecule has 0 fully saturated rings. The fraction of sp³-hybridized carbons (Fsp3) is 0.143. The second-order valence-electron chi connectivity index (χ2n) is 5.82. The van der Waals surface area contributed by atoms with Gasteiger partial charge in [-0.05, 0) is 46.7 Å². The Morgan fingerprint density at radius 3 is 1.77 bits per heavy atom. The molecule has 3 aromatic rings. The Morgan fingerprint density at radius 2 is 1.14 bits per heavy atom. The number of hydrogen-bond donors (Lipinski definition) is 1. The SMILES string of the molecule is c1ccc2c(c1)CCN2.c1ccc2c(c1)Cc1ccccc1-2. The summed E-state index contributed by atoms with van der Waals surface area (Å²) >= 11 is 0. The van der Waals surface area contributed by atoms with E-state index < -0.39 is 0 Å². The standard InChI is InChI=1S/C13H10.C8H9N/c1-3-7-12-10(5-1)9-11-6-2-4-8-13(11)12;1-2-4-8-7(3-1)5-6-9-8/h1-8H,9H2;1-4,9H,5-6H2. The summed E-state index contributed by atoms with van der Waals surface area (Å²) in [4.78, 5) is 0. The van der Waals surface area contributed by atoms with E-state index in [1.54, 1.807) is 0 Å². The number of rotatable bonds is 0. The van der Waals surface area contributed by atoms with Crippen LogP contribution in [0.4, 0.5) is 5.69 Å². The molecule has 1 heterocycles. The largest absolute Gasteiger partial charge is 0.384 e. The summed E-state index contributed by atoms with van der Waals surface area (Å²) in [6, 6.07) is 25.8. The third-order valence-corrected chi connectivity index (χ3v) is 4.43. The molecule has 0 radical (unpaired) electrons. The first-order valence-corrected chi connectivity index (χ1v) is 7.90. The summed E-state index contributed by atoms with van der Waals surface area (Å²) in [5.74, 6) is 0. The summed E-state index contributed by atoms with van der Waals surface area (Å²) in [6.45, 7) is 1.11. The Labute approximate surface area is 131 Å². The van der Waals surface area contributed by atoms with Crippen molar-refractivity contribution < 1.29 is 0 Å². The van der Waals surface area contributed by atoms with Crippen LogP contribution in [0.1, 0.15) is 16.7 Å². The van der Waals surface area contributed by atoms with Crippen LogP contribution in [0.25, 0.3) is 11.1 Å². The minimum absolute atomic E-state index is 1.10. The van der Waals surface area contributed by atoms with Gasteiger partial charge in [-0.25, -0.2) is 0 Å². The average Bonchev–Trinajstić information content (AvgIpc) is 3.19. The van der Waals surface area contributed by atoms with E-state index in [1.165, 1.54) is 39.9 Å². The molecular weight excluding hydrogens is 266 g/mol. The van der Waals surface area contributed by atoms with E-state index in [0.717, 1.165) is 13.0 Å². The van der Waals surface area contributed by atoms with Crippen LogP contribution in [0.15, 0.2) is 72.8 Å². The van der Waals surface area contributed by atoms with Crippen LogP contribution >= 0.6 is 0 Å². The van der Waals surface area contributed by atoms with Gasteiger partial charge in [0.2, 0.25) is 0 Å². The van der Waals surface area contributed by atoms with Crippen LogP contribution in [0.2, 0.25) is 0 Å². The van der Waals surface area contributed by atoms with Crippen LogP contribution < -0.4 is 5.32 Å². The van der Waals surface area contributed by atoms with Gasteiger partial charge < -0.3 is 5.32 Å². The third-order valence-electron chi connectivity index (χ3n) is 4.43. The molecule has 3 aromatic carbocycles. The smallest absolute Gasteiger partial charge is 0.0373 e. The van der Waals surface area contributed by atoms with Gasteiger partial charge in [-0.2, -0.15) is 0 Å². The maximum Gasteiger partial charge on any atom is 0.0373 e.